The number of nitrogens with zero attached hydrogens (tertiary/aromatic N) is 2. The maximum atomic E-state index is 12.3. The molecule has 0 fully saturated rings. The first kappa shape index (κ1) is 13.3. The van der Waals surface area contributed by atoms with Crippen molar-refractivity contribution in [1.29, 1.82) is 0 Å². The molecule has 0 aliphatic heterocycles. The highest BCUT2D eigenvalue weighted by Gasteiger charge is 2.31. The van der Waals surface area contributed by atoms with Gasteiger partial charge in [-0.15, -0.1) is 13.2 Å². The molecule has 3 rings (SSSR count). The topological polar surface area (TPSA) is 52.5 Å². The number of nitrogen functional groups attached to an aromatic ring is 1. The van der Waals surface area contributed by atoms with Gasteiger partial charge in [0.1, 0.15) is 22.9 Å². The summed E-state index contributed by atoms with van der Waals surface area (Å²) in [5.74, 6) is 0.0474. The largest absolute Gasteiger partial charge is 0.573 e. The molecule has 3 aromatic rings. The normalized spacial score (nSPS) is 11.8. The molecule has 108 valence electrons. The van der Waals surface area contributed by atoms with E-state index in [9.17, 15) is 13.2 Å². The van der Waals surface area contributed by atoms with Gasteiger partial charge in [-0.2, -0.15) is 0 Å². The number of benzene rings is 1. The lowest BCUT2D eigenvalue weighted by molar-refractivity contribution is -0.274. The third-order valence-electron chi connectivity index (χ3n) is 2.91. The zero-order chi connectivity index (χ0) is 15.0. The number of nitrogens with two attached hydrogens (primary N) is 1. The smallest absolute Gasteiger partial charge is 0.406 e. The molecule has 0 atom stereocenters. The molecule has 4 nitrogen and oxygen atoms in total. The number of ether oxygens (including phenoxy) is 1. The Bertz CT molecular complexity index is 796. The number of hydrogen-bond acceptors (Lipinski definition) is 3. The molecule has 2 heterocycles. The van der Waals surface area contributed by atoms with Crippen molar-refractivity contribution in [3.05, 3.63) is 48.7 Å². The first-order valence-corrected chi connectivity index (χ1v) is 6.03. The summed E-state index contributed by atoms with van der Waals surface area (Å²) in [5, 5.41) is 0. The Morgan fingerprint density at radius 2 is 1.90 bits per heavy atom. The molecule has 2 N–H and O–H groups in total. The van der Waals surface area contributed by atoms with Crippen LogP contribution in [0.2, 0.25) is 0 Å². The third kappa shape index (κ3) is 2.62. The quantitative estimate of drug-likeness (QED) is 0.787. The van der Waals surface area contributed by atoms with Crippen molar-refractivity contribution in [3.8, 4) is 17.0 Å². The standard InChI is InChI=1S/C14H10F3N3O/c15-14(16,17)21-10-5-3-4-9(8-10)12-13(18)20-7-2-1-6-11(20)19-12/h1-8H,18H2. The number of halogens is 3. The van der Waals surface area contributed by atoms with Crippen LogP contribution >= 0.6 is 0 Å². The third-order valence-corrected chi connectivity index (χ3v) is 2.91. The molecule has 1 aromatic carbocycles. The number of imidazole rings is 1. The molecule has 0 amide bonds. The van der Waals surface area contributed by atoms with Crippen LogP contribution in [0.1, 0.15) is 0 Å². The highest BCUT2D eigenvalue weighted by molar-refractivity contribution is 5.75. The summed E-state index contributed by atoms with van der Waals surface area (Å²) in [4.78, 5) is 4.32. The fourth-order valence-corrected chi connectivity index (χ4v) is 2.07. The van der Waals surface area contributed by atoms with Gasteiger partial charge in [0.25, 0.3) is 0 Å². The van der Waals surface area contributed by atoms with Crippen molar-refractivity contribution >= 4 is 11.5 Å². The second-order valence-corrected chi connectivity index (χ2v) is 4.35. The van der Waals surface area contributed by atoms with E-state index in [1.165, 1.54) is 18.2 Å². The Morgan fingerprint density at radius 1 is 1.10 bits per heavy atom. The maximum absolute atomic E-state index is 12.3. The molecular formula is C14H10F3N3O. The van der Waals surface area contributed by atoms with Crippen LogP contribution in [0.5, 0.6) is 5.75 Å². The molecule has 0 aliphatic carbocycles. The van der Waals surface area contributed by atoms with Crippen LogP contribution in [0.4, 0.5) is 19.0 Å². The molecule has 0 saturated heterocycles. The van der Waals surface area contributed by atoms with Crippen molar-refractivity contribution < 1.29 is 17.9 Å². The van der Waals surface area contributed by atoms with Gasteiger partial charge in [-0.3, -0.25) is 4.40 Å². The summed E-state index contributed by atoms with van der Waals surface area (Å²) in [5.41, 5.74) is 7.47. The van der Waals surface area contributed by atoms with Gasteiger partial charge >= 0.3 is 6.36 Å². The maximum Gasteiger partial charge on any atom is 0.573 e. The van der Waals surface area contributed by atoms with E-state index < -0.39 is 6.36 Å². The number of anilines is 1. The summed E-state index contributed by atoms with van der Waals surface area (Å²) in [7, 11) is 0. The minimum absolute atomic E-state index is 0.309. The van der Waals surface area contributed by atoms with Crippen LogP contribution in [0.15, 0.2) is 48.7 Å². The summed E-state index contributed by atoms with van der Waals surface area (Å²) in [6.07, 6.45) is -3.00. The molecule has 0 aliphatic rings. The minimum Gasteiger partial charge on any atom is -0.406 e. The summed E-state index contributed by atoms with van der Waals surface area (Å²) in [6.45, 7) is 0. The summed E-state index contributed by atoms with van der Waals surface area (Å²) >= 11 is 0. The molecule has 0 saturated carbocycles. The predicted octanol–water partition coefficient (Wildman–Crippen LogP) is 3.48. The highest BCUT2D eigenvalue weighted by atomic mass is 19.4. The number of fused-ring (bicyclic) bond motifs is 1. The van der Waals surface area contributed by atoms with Crippen LogP contribution < -0.4 is 10.5 Å². The van der Waals surface area contributed by atoms with Crippen LogP contribution in [0.25, 0.3) is 16.9 Å². The lowest BCUT2D eigenvalue weighted by Crippen LogP contribution is -2.17. The van der Waals surface area contributed by atoms with Crippen molar-refractivity contribution in [2.75, 3.05) is 5.73 Å². The van der Waals surface area contributed by atoms with Gasteiger partial charge in [0.2, 0.25) is 0 Å². The molecule has 0 bridgehead atoms. The van der Waals surface area contributed by atoms with E-state index in [0.717, 1.165) is 0 Å². The van der Waals surface area contributed by atoms with Gasteiger partial charge < -0.3 is 10.5 Å². The van der Waals surface area contributed by atoms with Gasteiger partial charge in [0, 0.05) is 11.8 Å². The summed E-state index contributed by atoms with van der Waals surface area (Å²) in [6, 6.07) is 10.9. The number of pyridine rings is 1. The van der Waals surface area contributed by atoms with Gasteiger partial charge in [0.15, 0.2) is 0 Å². The Balaban J connectivity index is 2.06. The van der Waals surface area contributed by atoms with E-state index in [0.29, 0.717) is 22.7 Å². The first-order valence-electron chi connectivity index (χ1n) is 6.03. The fraction of sp³-hybridized carbons (Fsp3) is 0.0714. The van der Waals surface area contributed by atoms with Gasteiger partial charge in [0.05, 0.1) is 0 Å². The molecule has 0 spiro atoms. The second kappa shape index (κ2) is 4.69. The van der Waals surface area contributed by atoms with Gasteiger partial charge in [-0.25, -0.2) is 4.98 Å². The van der Waals surface area contributed by atoms with Crippen LogP contribution in [0, 0.1) is 0 Å². The van der Waals surface area contributed by atoms with E-state index in [4.69, 9.17) is 5.73 Å². The van der Waals surface area contributed by atoms with Crippen LogP contribution in [-0.4, -0.2) is 15.7 Å². The lowest BCUT2D eigenvalue weighted by Gasteiger charge is -2.09. The Hall–Kier alpha value is -2.70. The zero-order valence-electron chi connectivity index (χ0n) is 10.6. The van der Waals surface area contributed by atoms with E-state index in [1.54, 1.807) is 34.9 Å². The Kier molecular flexibility index (Phi) is 2.97. The molecular weight excluding hydrogens is 283 g/mol. The average Bonchev–Trinajstić information content (AvgIpc) is 2.75. The predicted molar refractivity (Wildman–Crippen MR) is 71.7 cm³/mol. The Morgan fingerprint density at radius 3 is 2.62 bits per heavy atom. The van der Waals surface area contributed by atoms with Crippen LogP contribution in [0.3, 0.4) is 0 Å². The van der Waals surface area contributed by atoms with Gasteiger partial charge in [-0.05, 0) is 24.3 Å². The van der Waals surface area contributed by atoms with Crippen molar-refractivity contribution in [3.63, 3.8) is 0 Å². The lowest BCUT2D eigenvalue weighted by atomic mass is 10.1. The summed E-state index contributed by atoms with van der Waals surface area (Å²) < 4.78 is 42.3. The minimum atomic E-state index is -4.73. The molecule has 0 radical (unpaired) electrons. The number of aromatic nitrogens is 2. The highest BCUT2D eigenvalue weighted by Crippen LogP contribution is 2.30. The molecule has 2 aromatic heterocycles. The number of hydrogen-bond donors (Lipinski definition) is 1. The van der Waals surface area contributed by atoms with Crippen molar-refractivity contribution in [2.24, 2.45) is 0 Å². The monoisotopic (exact) mass is 293 g/mol. The van der Waals surface area contributed by atoms with Crippen molar-refractivity contribution in [2.45, 2.75) is 6.36 Å². The van der Waals surface area contributed by atoms with Crippen molar-refractivity contribution in [1.82, 2.24) is 9.38 Å². The van der Waals surface area contributed by atoms with Gasteiger partial charge in [-0.1, -0.05) is 18.2 Å². The molecule has 0 unspecified atom stereocenters. The van der Waals surface area contributed by atoms with E-state index >= 15 is 0 Å². The van der Waals surface area contributed by atoms with E-state index in [-0.39, 0.29) is 5.75 Å². The average molecular weight is 293 g/mol. The Labute approximate surface area is 117 Å². The SMILES string of the molecule is Nc1c(-c2cccc(OC(F)(F)F)c2)nc2ccccn12. The fourth-order valence-electron chi connectivity index (χ4n) is 2.07. The van der Waals surface area contributed by atoms with E-state index in [1.807, 2.05) is 0 Å². The zero-order valence-corrected chi connectivity index (χ0v) is 10.6. The van der Waals surface area contributed by atoms with E-state index in [2.05, 4.69) is 9.72 Å². The second-order valence-electron chi connectivity index (χ2n) is 4.35. The van der Waals surface area contributed by atoms with Crippen LogP contribution in [-0.2, 0) is 0 Å². The number of alkyl halides is 3. The molecule has 21 heavy (non-hydrogen) atoms. The number of rotatable bonds is 2. The molecule has 7 heteroatoms. The first-order chi connectivity index (χ1) is 9.94.